The van der Waals surface area contributed by atoms with Gasteiger partial charge in [0.15, 0.2) is 5.96 Å². The Balaban J connectivity index is 1.75. The number of guanidine groups is 1. The molecule has 0 atom stereocenters. The Labute approximate surface area is 112 Å². The number of aryl methyl sites for hydroxylation is 1. The topological polar surface area (TPSA) is 45.7 Å². The van der Waals surface area contributed by atoms with Crippen LogP contribution in [0.25, 0.3) is 0 Å². The molecule has 0 amide bonds. The zero-order chi connectivity index (χ0) is 13.0. The molecule has 1 saturated heterocycles. The van der Waals surface area contributed by atoms with E-state index in [-0.39, 0.29) is 5.41 Å². The van der Waals surface area contributed by atoms with Crippen LogP contribution < -0.4 is 10.6 Å². The van der Waals surface area contributed by atoms with Gasteiger partial charge in [0.1, 0.15) is 0 Å². The maximum atomic E-state index is 5.24. The predicted octanol–water partition coefficient (Wildman–Crippen LogP) is 1.76. The van der Waals surface area contributed by atoms with E-state index in [4.69, 9.17) is 4.74 Å². The van der Waals surface area contributed by atoms with E-state index in [0.29, 0.717) is 0 Å². The van der Waals surface area contributed by atoms with Crippen LogP contribution in [-0.4, -0.2) is 32.8 Å². The molecule has 0 bridgehead atoms. The first kappa shape index (κ1) is 13.4. The molecular formula is C13H21N3OS. The number of nitrogens with zero attached hydrogens (tertiary/aromatic N) is 1. The van der Waals surface area contributed by atoms with E-state index in [0.717, 1.165) is 32.3 Å². The van der Waals surface area contributed by atoms with Gasteiger partial charge in [0, 0.05) is 28.8 Å². The molecule has 1 fully saturated rings. The Hall–Kier alpha value is -1.07. The van der Waals surface area contributed by atoms with Crippen molar-refractivity contribution in [1.82, 2.24) is 10.6 Å². The normalized spacial score (nSPS) is 18.3. The zero-order valence-electron chi connectivity index (χ0n) is 11.2. The molecule has 1 aromatic heterocycles. The summed E-state index contributed by atoms with van der Waals surface area (Å²) in [6, 6.07) is 4.30. The van der Waals surface area contributed by atoms with Crippen molar-refractivity contribution >= 4 is 17.3 Å². The van der Waals surface area contributed by atoms with Crippen LogP contribution in [0.4, 0.5) is 0 Å². The second kappa shape index (κ2) is 5.71. The number of ether oxygens (including phenoxy) is 1. The average Bonchev–Trinajstić information content (AvgIpc) is 2.73. The second-order valence-corrected chi connectivity index (χ2v) is 6.47. The van der Waals surface area contributed by atoms with Crippen LogP contribution in [0.1, 0.15) is 16.7 Å². The zero-order valence-corrected chi connectivity index (χ0v) is 12.1. The number of hydrogen-bond acceptors (Lipinski definition) is 3. The molecule has 4 nitrogen and oxygen atoms in total. The first-order chi connectivity index (χ1) is 8.61. The van der Waals surface area contributed by atoms with Gasteiger partial charge >= 0.3 is 0 Å². The number of aliphatic imine (C=N–C) groups is 1. The summed E-state index contributed by atoms with van der Waals surface area (Å²) < 4.78 is 5.24. The minimum Gasteiger partial charge on any atom is -0.380 e. The fourth-order valence-corrected chi connectivity index (χ4v) is 2.65. The van der Waals surface area contributed by atoms with Gasteiger partial charge < -0.3 is 15.4 Å². The third kappa shape index (κ3) is 3.46. The van der Waals surface area contributed by atoms with E-state index in [1.165, 1.54) is 9.75 Å². The van der Waals surface area contributed by atoms with Crippen molar-refractivity contribution in [2.45, 2.75) is 20.4 Å². The predicted molar refractivity (Wildman–Crippen MR) is 76.2 cm³/mol. The lowest BCUT2D eigenvalue weighted by molar-refractivity contribution is -0.0971. The Kier molecular flexibility index (Phi) is 4.24. The highest BCUT2D eigenvalue weighted by atomic mass is 32.1. The average molecular weight is 267 g/mol. The number of thiophene rings is 1. The highest BCUT2D eigenvalue weighted by molar-refractivity contribution is 7.11. The molecule has 2 N–H and O–H groups in total. The second-order valence-electron chi connectivity index (χ2n) is 5.10. The lowest BCUT2D eigenvalue weighted by atomic mass is 9.89. The van der Waals surface area contributed by atoms with Crippen molar-refractivity contribution < 1.29 is 4.74 Å². The molecule has 0 saturated carbocycles. The van der Waals surface area contributed by atoms with Crippen LogP contribution in [0, 0.1) is 12.3 Å². The fraction of sp³-hybridized carbons (Fsp3) is 0.615. The van der Waals surface area contributed by atoms with Gasteiger partial charge in [0.2, 0.25) is 0 Å². The summed E-state index contributed by atoms with van der Waals surface area (Å²) in [6.45, 7) is 7.74. The molecule has 0 aliphatic carbocycles. The third-order valence-corrected chi connectivity index (χ3v) is 4.03. The van der Waals surface area contributed by atoms with Crippen molar-refractivity contribution in [3.63, 3.8) is 0 Å². The van der Waals surface area contributed by atoms with Crippen LogP contribution in [0.5, 0.6) is 0 Å². The first-order valence-corrected chi connectivity index (χ1v) is 7.00. The van der Waals surface area contributed by atoms with Crippen LogP contribution in [0.2, 0.25) is 0 Å². The maximum Gasteiger partial charge on any atom is 0.191 e. The van der Waals surface area contributed by atoms with Gasteiger partial charge in [-0.25, -0.2) is 0 Å². The van der Waals surface area contributed by atoms with Gasteiger partial charge in [0.05, 0.1) is 19.8 Å². The number of rotatable bonds is 4. The molecule has 2 rings (SSSR count). The molecule has 5 heteroatoms. The third-order valence-electron chi connectivity index (χ3n) is 3.03. The molecule has 0 spiro atoms. The SMILES string of the molecule is CN=C(NCc1ccc(C)s1)NCC1(C)COC1. The molecule has 18 heavy (non-hydrogen) atoms. The van der Waals surface area contributed by atoms with E-state index < -0.39 is 0 Å². The monoisotopic (exact) mass is 267 g/mol. The molecule has 0 unspecified atom stereocenters. The van der Waals surface area contributed by atoms with E-state index in [1.807, 2.05) is 11.3 Å². The Morgan fingerprint density at radius 3 is 2.72 bits per heavy atom. The van der Waals surface area contributed by atoms with Crippen LogP contribution >= 0.6 is 11.3 Å². The minimum atomic E-state index is 0.261. The van der Waals surface area contributed by atoms with E-state index in [2.05, 4.69) is 41.6 Å². The van der Waals surface area contributed by atoms with Gasteiger partial charge in [-0.2, -0.15) is 0 Å². The van der Waals surface area contributed by atoms with Crippen molar-refractivity contribution in [1.29, 1.82) is 0 Å². The Morgan fingerprint density at radius 1 is 1.44 bits per heavy atom. The van der Waals surface area contributed by atoms with Crippen molar-refractivity contribution in [2.75, 3.05) is 26.8 Å². The van der Waals surface area contributed by atoms with Gasteiger partial charge in [0.25, 0.3) is 0 Å². The maximum absolute atomic E-state index is 5.24. The molecule has 1 aromatic rings. The summed E-state index contributed by atoms with van der Waals surface area (Å²) in [7, 11) is 1.80. The fourth-order valence-electron chi connectivity index (χ4n) is 1.82. The summed E-state index contributed by atoms with van der Waals surface area (Å²) >= 11 is 1.81. The molecule has 1 aliphatic heterocycles. The van der Waals surface area contributed by atoms with Crippen LogP contribution in [0.3, 0.4) is 0 Å². The smallest absolute Gasteiger partial charge is 0.191 e. The highest BCUT2D eigenvalue weighted by Crippen LogP contribution is 2.24. The largest absolute Gasteiger partial charge is 0.380 e. The number of hydrogen-bond donors (Lipinski definition) is 2. The van der Waals surface area contributed by atoms with E-state index in [1.54, 1.807) is 7.05 Å². The van der Waals surface area contributed by atoms with E-state index in [9.17, 15) is 0 Å². The highest BCUT2D eigenvalue weighted by Gasteiger charge is 2.33. The molecule has 100 valence electrons. The summed E-state index contributed by atoms with van der Waals surface area (Å²) in [5.74, 6) is 0.856. The van der Waals surface area contributed by atoms with Gasteiger partial charge in [-0.3, -0.25) is 4.99 Å². The van der Waals surface area contributed by atoms with Gasteiger partial charge in [-0.1, -0.05) is 6.92 Å². The molecule has 0 radical (unpaired) electrons. The molecule has 2 heterocycles. The number of nitrogens with one attached hydrogen (secondary N) is 2. The Morgan fingerprint density at radius 2 is 2.22 bits per heavy atom. The van der Waals surface area contributed by atoms with Crippen LogP contribution in [-0.2, 0) is 11.3 Å². The summed E-state index contributed by atoms with van der Waals surface area (Å²) in [5, 5.41) is 6.68. The lowest BCUT2D eigenvalue weighted by Gasteiger charge is -2.38. The van der Waals surface area contributed by atoms with Crippen molar-refractivity contribution in [3.05, 3.63) is 21.9 Å². The summed E-state index contributed by atoms with van der Waals surface area (Å²) in [6.07, 6.45) is 0. The summed E-state index contributed by atoms with van der Waals surface area (Å²) in [4.78, 5) is 6.90. The summed E-state index contributed by atoms with van der Waals surface area (Å²) in [5.41, 5.74) is 0.261. The minimum absolute atomic E-state index is 0.261. The molecule has 0 aromatic carbocycles. The van der Waals surface area contributed by atoms with Gasteiger partial charge in [-0.15, -0.1) is 11.3 Å². The molecule has 1 aliphatic rings. The Bertz CT molecular complexity index is 424. The van der Waals surface area contributed by atoms with Gasteiger partial charge in [-0.05, 0) is 19.1 Å². The molecular weight excluding hydrogens is 246 g/mol. The standard InChI is InChI=1S/C13H21N3OS/c1-10-4-5-11(18-10)6-15-12(14-3)16-7-13(2)8-17-9-13/h4-5H,6-9H2,1-3H3,(H2,14,15,16). The first-order valence-electron chi connectivity index (χ1n) is 6.19. The van der Waals surface area contributed by atoms with Crippen LogP contribution in [0.15, 0.2) is 17.1 Å². The van der Waals surface area contributed by atoms with E-state index >= 15 is 0 Å². The van der Waals surface area contributed by atoms with Crippen molar-refractivity contribution in [2.24, 2.45) is 10.4 Å². The van der Waals surface area contributed by atoms with Crippen molar-refractivity contribution in [3.8, 4) is 0 Å². The lowest BCUT2D eigenvalue weighted by Crippen LogP contribution is -2.50. The quantitative estimate of drug-likeness (QED) is 0.645.